The van der Waals surface area contributed by atoms with Gasteiger partial charge in [0.1, 0.15) is 17.5 Å². The van der Waals surface area contributed by atoms with Gasteiger partial charge in [0.25, 0.3) is 5.91 Å². The molecule has 0 fully saturated rings. The van der Waals surface area contributed by atoms with Gasteiger partial charge in [0.05, 0.1) is 6.61 Å². The Morgan fingerprint density at radius 3 is 2.58 bits per heavy atom. The summed E-state index contributed by atoms with van der Waals surface area (Å²) < 4.78 is 7.49. The summed E-state index contributed by atoms with van der Waals surface area (Å²) in [5, 5.41) is 13.0. The number of benzene rings is 1. The predicted octanol–water partition coefficient (Wildman–Crippen LogP) is 3.74. The Morgan fingerprint density at radius 1 is 1.27 bits per heavy atom. The molecule has 1 unspecified atom stereocenters. The summed E-state index contributed by atoms with van der Waals surface area (Å²) >= 11 is 0. The van der Waals surface area contributed by atoms with Crippen molar-refractivity contribution in [3.05, 3.63) is 29.5 Å². The summed E-state index contributed by atoms with van der Waals surface area (Å²) in [6, 6.07) is 4.90. The first-order chi connectivity index (χ1) is 12.4. The van der Waals surface area contributed by atoms with Crippen LogP contribution in [0.25, 0.3) is 10.9 Å². The number of aryl methyl sites for hydroxylation is 2. The maximum Gasteiger partial charge on any atom is 0.326 e. The van der Waals surface area contributed by atoms with Gasteiger partial charge in [0.15, 0.2) is 0 Å². The Morgan fingerprint density at radius 2 is 2.00 bits per heavy atom. The van der Waals surface area contributed by atoms with Crippen molar-refractivity contribution >= 4 is 22.8 Å². The molecule has 0 saturated carbocycles. The number of carboxylic acids is 1. The highest BCUT2D eigenvalue weighted by Crippen LogP contribution is 2.29. The van der Waals surface area contributed by atoms with Crippen LogP contribution in [0.2, 0.25) is 0 Å². The Kier molecular flexibility index (Phi) is 6.66. The fourth-order valence-electron chi connectivity index (χ4n) is 3.27. The molecule has 0 spiro atoms. The molecule has 1 heterocycles. The van der Waals surface area contributed by atoms with E-state index in [4.69, 9.17) is 4.74 Å². The molecule has 26 heavy (non-hydrogen) atoms. The van der Waals surface area contributed by atoms with E-state index < -0.39 is 12.0 Å². The van der Waals surface area contributed by atoms with Crippen molar-refractivity contribution in [2.24, 2.45) is 0 Å². The molecule has 1 aromatic carbocycles. The minimum absolute atomic E-state index is 0.345. The number of aromatic nitrogens is 1. The third-order valence-corrected chi connectivity index (χ3v) is 4.58. The summed E-state index contributed by atoms with van der Waals surface area (Å²) in [4.78, 5) is 24.3. The number of hydrogen-bond acceptors (Lipinski definition) is 3. The molecule has 1 atom stereocenters. The van der Waals surface area contributed by atoms with E-state index >= 15 is 0 Å². The third-order valence-electron chi connectivity index (χ3n) is 4.58. The van der Waals surface area contributed by atoms with Crippen LogP contribution < -0.4 is 10.1 Å². The van der Waals surface area contributed by atoms with Crippen LogP contribution in [0.15, 0.2) is 18.2 Å². The SMILES string of the molecule is CCCCC(NC(=O)c1c(C)c2cc(OCC)ccc2n1CC)C(=O)O. The van der Waals surface area contributed by atoms with Crippen LogP contribution in [-0.4, -0.2) is 34.2 Å². The number of nitrogens with one attached hydrogen (secondary N) is 1. The van der Waals surface area contributed by atoms with Crippen molar-refractivity contribution in [2.45, 2.75) is 59.5 Å². The average molecular weight is 360 g/mol. The average Bonchev–Trinajstić information content (AvgIpc) is 2.90. The summed E-state index contributed by atoms with van der Waals surface area (Å²) in [5.41, 5.74) is 2.29. The lowest BCUT2D eigenvalue weighted by Gasteiger charge is -2.15. The van der Waals surface area contributed by atoms with Crippen LogP contribution in [0.3, 0.4) is 0 Å². The van der Waals surface area contributed by atoms with Gasteiger partial charge < -0.3 is 19.7 Å². The molecular weight excluding hydrogens is 332 g/mol. The fraction of sp³-hybridized carbons (Fsp3) is 0.500. The van der Waals surface area contributed by atoms with E-state index in [-0.39, 0.29) is 5.91 Å². The predicted molar refractivity (Wildman–Crippen MR) is 102 cm³/mol. The molecule has 6 nitrogen and oxygen atoms in total. The summed E-state index contributed by atoms with van der Waals surface area (Å²) in [7, 11) is 0. The highest BCUT2D eigenvalue weighted by atomic mass is 16.5. The van der Waals surface area contributed by atoms with E-state index in [0.717, 1.165) is 35.1 Å². The Balaban J connectivity index is 2.42. The van der Waals surface area contributed by atoms with Crippen molar-refractivity contribution in [3.8, 4) is 5.75 Å². The minimum atomic E-state index is -0.998. The molecule has 0 aliphatic heterocycles. The van der Waals surface area contributed by atoms with Crippen molar-refractivity contribution < 1.29 is 19.4 Å². The second-order valence-corrected chi connectivity index (χ2v) is 6.34. The normalized spacial score (nSPS) is 12.2. The summed E-state index contributed by atoms with van der Waals surface area (Å²) in [6.07, 6.45) is 2.07. The van der Waals surface area contributed by atoms with Crippen molar-refractivity contribution in [3.63, 3.8) is 0 Å². The fourth-order valence-corrected chi connectivity index (χ4v) is 3.27. The molecule has 1 amide bonds. The molecule has 0 aliphatic carbocycles. The van der Waals surface area contributed by atoms with Crippen LogP contribution in [0.5, 0.6) is 5.75 Å². The van der Waals surface area contributed by atoms with Gasteiger partial charge in [0.2, 0.25) is 0 Å². The first-order valence-corrected chi connectivity index (χ1v) is 9.23. The number of aliphatic carboxylic acids is 1. The number of unbranched alkanes of at least 4 members (excludes halogenated alkanes) is 1. The third kappa shape index (κ3) is 4.00. The number of amides is 1. The van der Waals surface area contributed by atoms with Crippen molar-refractivity contribution in [1.82, 2.24) is 9.88 Å². The highest BCUT2D eigenvalue weighted by Gasteiger charge is 2.25. The van der Waals surface area contributed by atoms with Gasteiger partial charge in [-0.1, -0.05) is 19.8 Å². The van der Waals surface area contributed by atoms with E-state index in [1.54, 1.807) is 0 Å². The van der Waals surface area contributed by atoms with Gasteiger partial charge >= 0.3 is 5.97 Å². The van der Waals surface area contributed by atoms with Crippen LogP contribution in [0, 0.1) is 6.92 Å². The molecule has 142 valence electrons. The van der Waals surface area contributed by atoms with Gasteiger partial charge in [-0.2, -0.15) is 0 Å². The Labute approximate surface area is 154 Å². The number of carbonyl (C=O) groups is 2. The number of carbonyl (C=O) groups excluding carboxylic acids is 1. The van der Waals surface area contributed by atoms with Gasteiger partial charge in [-0.05, 0) is 51.0 Å². The molecule has 1 aromatic heterocycles. The molecule has 0 radical (unpaired) electrons. The van der Waals surface area contributed by atoms with Crippen LogP contribution >= 0.6 is 0 Å². The van der Waals surface area contributed by atoms with E-state index in [0.29, 0.717) is 25.3 Å². The van der Waals surface area contributed by atoms with Crippen LogP contribution in [0.4, 0.5) is 0 Å². The topological polar surface area (TPSA) is 80.6 Å². The van der Waals surface area contributed by atoms with E-state index in [2.05, 4.69) is 5.32 Å². The molecule has 0 aliphatic rings. The van der Waals surface area contributed by atoms with E-state index in [1.807, 2.05) is 50.5 Å². The summed E-state index contributed by atoms with van der Waals surface area (Å²) in [5.74, 6) is -0.584. The molecule has 6 heteroatoms. The largest absolute Gasteiger partial charge is 0.494 e. The first-order valence-electron chi connectivity index (χ1n) is 9.23. The standard InChI is InChI=1S/C20H28N2O4/c1-5-8-9-16(20(24)25)21-19(23)18-13(4)15-12-14(26-7-3)10-11-17(15)22(18)6-2/h10-12,16H,5-9H2,1-4H3,(H,21,23)(H,24,25). The lowest BCUT2D eigenvalue weighted by atomic mass is 10.1. The second kappa shape index (κ2) is 8.74. The maximum absolute atomic E-state index is 12.9. The lowest BCUT2D eigenvalue weighted by molar-refractivity contribution is -0.139. The lowest BCUT2D eigenvalue weighted by Crippen LogP contribution is -2.41. The van der Waals surface area contributed by atoms with Crippen molar-refractivity contribution in [1.29, 1.82) is 0 Å². The Hall–Kier alpha value is -2.50. The van der Waals surface area contributed by atoms with Gasteiger partial charge in [-0.15, -0.1) is 0 Å². The number of ether oxygens (including phenoxy) is 1. The number of nitrogens with zero attached hydrogens (tertiary/aromatic N) is 1. The quantitative estimate of drug-likeness (QED) is 0.714. The summed E-state index contributed by atoms with van der Waals surface area (Å²) in [6.45, 7) is 8.97. The number of fused-ring (bicyclic) bond motifs is 1. The zero-order valence-corrected chi connectivity index (χ0v) is 16.0. The second-order valence-electron chi connectivity index (χ2n) is 6.34. The molecule has 2 N–H and O–H groups in total. The number of carboxylic acid groups (broad SMARTS) is 1. The first kappa shape index (κ1) is 19.8. The van der Waals surface area contributed by atoms with Crippen molar-refractivity contribution in [2.75, 3.05) is 6.61 Å². The molecule has 0 bridgehead atoms. The molecule has 0 saturated heterocycles. The smallest absolute Gasteiger partial charge is 0.326 e. The molecule has 2 rings (SSSR count). The van der Waals surface area contributed by atoms with Crippen LogP contribution in [0.1, 0.15) is 56.1 Å². The van der Waals surface area contributed by atoms with Gasteiger partial charge in [-0.25, -0.2) is 4.79 Å². The molecular formula is C20H28N2O4. The Bertz CT molecular complexity index is 795. The monoisotopic (exact) mass is 360 g/mol. The zero-order valence-electron chi connectivity index (χ0n) is 16.0. The number of rotatable bonds is 9. The van der Waals surface area contributed by atoms with Gasteiger partial charge in [-0.3, -0.25) is 4.79 Å². The van der Waals surface area contributed by atoms with Gasteiger partial charge in [0, 0.05) is 17.4 Å². The van der Waals surface area contributed by atoms with E-state index in [1.165, 1.54) is 0 Å². The van der Waals surface area contributed by atoms with Crippen LogP contribution in [-0.2, 0) is 11.3 Å². The number of hydrogen-bond donors (Lipinski definition) is 2. The minimum Gasteiger partial charge on any atom is -0.494 e. The highest BCUT2D eigenvalue weighted by molar-refractivity contribution is 6.03. The molecule has 2 aromatic rings. The maximum atomic E-state index is 12.9. The zero-order chi connectivity index (χ0) is 19.3. The van der Waals surface area contributed by atoms with E-state index in [9.17, 15) is 14.7 Å².